The van der Waals surface area contributed by atoms with E-state index >= 15 is 0 Å². The minimum Gasteiger partial charge on any atom is -0.480 e. The van der Waals surface area contributed by atoms with E-state index in [1.807, 2.05) is 0 Å². The van der Waals surface area contributed by atoms with E-state index in [1.165, 1.54) is 0 Å². The first-order chi connectivity index (χ1) is 17.9. The molecule has 16 nitrogen and oxygen atoms in total. The van der Waals surface area contributed by atoms with Gasteiger partial charge in [0.15, 0.2) is 5.96 Å². The van der Waals surface area contributed by atoms with Gasteiger partial charge < -0.3 is 55.5 Å². The van der Waals surface area contributed by atoms with Gasteiger partial charge in [-0.2, -0.15) is 0 Å². The number of unbranched alkanes of at least 4 members (excludes halogenated alkanes) is 2. The third kappa shape index (κ3) is 15.6. The van der Waals surface area contributed by atoms with E-state index < -0.39 is 60.2 Å². The molecular formula is C22H44N10O6. The number of nitrogens with zero attached hydrogens (tertiary/aromatic N) is 1. The number of aliphatic imine (C=N–C) groups is 1. The summed E-state index contributed by atoms with van der Waals surface area (Å²) in [5.74, 6) is -4.48. The second kappa shape index (κ2) is 19.6. The van der Waals surface area contributed by atoms with Crippen LogP contribution in [0.1, 0.15) is 57.8 Å². The molecule has 0 aromatic carbocycles. The summed E-state index contributed by atoms with van der Waals surface area (Å²) in [5, 5.41) is 16.7. The Labute approximate surface area is 222 Å². The molecule has 0 bridgehead atoms. The van der Waals surface area contributed by atoms with Crippen molar-refractivity contribution in [2.75, 3.05) is 19.6 Å². The highest BCUT2D eigenvalue weighted by Gasteiger charge is 2.30. The molecule has 218 valence electrons. The first-order valence-electron chi connectivity index (χ1n) is 12.6. The molecule has 4 unspecified atom stereocenters. The van der Waals surface area contributed by atoms with E-state index in [9.17, 15) is 29.1 Å². The average molecular weight is 545 g/mol. The van der Waals surface area contributed by atoms with E-state index in [-0.39, 0.29) is 31.8 Å². The zero-order valence-electron chi connectivity index (χ0n) is 21.7. The first-order valence-corrected chi connectivity index (χ1v) is 12.6. The molecule has 0 radical (unpaired) electrons. The lowest BCUT2D eigenvalue weighted by Gasteiger charge is -2.25. The molecule has 4 atom stereocenters. The predicted molar refractivity (Wildman–Crippen MR) is 141 cm³/mol. The second-order valence-electron chi connectivity index (χ2n) is 8.82. The Bertz CT molecular complexity index is 805. The monoisotopic (exact) mass is 544 g/mol. The summed E-state index contributed by atoms with van der Waals surface area (Å²) in [6.07, 6.45) is 2.56. The molecule has 0 aliphatic carbocycles. The van der Waals surface area contributed by atoms with Crippen LogP contribution in [-0.2, 0) is 24.0 Å². The average Bonchev–Trinajstić information content (AvgIpc) is 2.84. The lowest BCUT2D eigenvalue weighted by molar-refractivity contribution is -0.143. The summed E-state index contributed by atoms with van der Waals surface area (Å²) in [6, 6.07) is -4.66. The van der Waals surface area contributed by atoms with Crippen LogP contribution in [0.4, 0.5) is 0 Å². The number of aliphatic carboxylic acids is 1. The highest BCUT2D eigenvalue weighted by molar-refractivity contribution is 5.94. The van der Waals surface area contributed by atoms with E-state index in [0.29, 0.717) is 45.2 Å². The van der Waals surface area contributed by atoms with Crippen LogP contribution in [0.2, 0.25) is 0 Å². The molecule has 16 N–H and O–H groups in total. The number of nitrogens with two attached hydrogens (primary N) is 6. The van der Waals surface area contributed by atoms with Gasteiger partial charge in [-0.05, 0) is 64.5 Å². The lowest BCUT2D eigenvalue weighted by Crippen LogP contribution is -2.57. The maximum absolute atomic E-state index is 13.1. The summed E-state index contributed by atoms with van der Waals surface area (Å²) >= 11 is 0. The van der Waals surface area contributed by atoms with Gasteiger partial charge in [0.1, 0.15) is 18.1 Å². The number of carboxylic acid groups (broad SMARTS) is 1. The van der Waals surface area contributed by atoms with E-state index in [0.717, 1.165) is 0 Å². The van der Waals surface area contributed by atoms with Crippen LogP contribution in [0.5, 0.6) is 0 Å². The minimum atomic E-state index is -1.56. The fourth-order valence-electron chi connectivity index (χ4n) is 3.40. The van der Waals surface area contributed by atoms with E-state index in [2.05, 4.69) is 20.9 Å². The van der Waals surface area contributed by atoms with Crippen molar-refractivity contribution in [2.24, 2.45) is 39.4 Å². The molecule has 16 heteroatoms. The Hall–Kier alpha value is -3.50. The highest BCUT2D eigenvalue weighted by atomic mass is 16.4. The van der Waals surface area contributed by atoms with Crippen molar-refractivity contribution in [3.05, 3.63) is 0 Å². The van der Waals surface area contributed by atoms with Gasteiger partial charge in [-0.3, -0.25) is 24.2 Å². The third-order valence-corrected chi connectivity index (χ3v) is 5.48. The molecule has 0 fully saturated rings. The normalized spacial score (nSPS) is 13.9. The van der Waals surface area contributed by atoms with Crippen LogP contribution < -0.4 is 50.4 Å². The SMILES string of the molecule is NCCCCC(NC(=O)C(N)CCCN=C(N)N)C(=O)NC(CCCCN)C(=O)NC(CC(N)=O)C(=O)O. The van der Waals surface area contributed by atoms with Gasteiger partial charge in [-0.1, -0.05) is 0 Å². The number of primary amides is 1. The zero-order valence-corrected chi connectivity index (χ0v) is 21.7. The topological polar surface area (TPSA) is 310 Å². The Morgan fingerprint density at radius 1 is 0.684 bits per heavy atom. The van der Waals surface area contributed by atoms with Crippen LogP contribution in [-0.4, -0.2) is 84.5 Å². The Morgan fingerprint density at radius 3 is 1.58 bits per heavy atom. The van der Waals surface area contributed by atoms with Crippen molar-refractivity contribution < 1.29 is 29.1 Å². The van der Waals surface area contributed by atoms with Crippen molar-refractivity contribution in [3.8, 4) is 0 Å². The summed E-state index contributed by atoms with van der Waals surface area (Å²) in [7, 11) is 0. The van der Waals surface area contributed by atoms with Gasteiger partial charge in [-0.15, -0.1) is 0 Å². The molecule has 0 aliphatic heterocycles. The van der Waals surface area contributed by atoms with E-state index in [4.69, 9.17) is 34.4 Å². The number of carbonyl (C=O) groups is 5. The van der Waals surface area contributed by atoms with Crippen LogP contribution in [0.3, 0.4) is 0 Å². The number of nitrogens with one attached hydrogen (secondary N) is 3. The predicted octanol–water partition coefficient (Wildman–Crippen LogP) is -3.96. The fourth-order valence-corrected chi connectivity index (χ4v) is 3.40. The number of amides is 4. The Kier molecular flexibility index (Phi) is 17.8. The largest absolute Gasteiger partial charge is 0.480 e. The van der Waals surface area contributed by atoms with Gasteiger partial charge >= 0.3 is 5.97 Å². The van der Waals surface area contributed by atoms with Crippen molar-refractivity contribution in [1.82, 2.24) is 16.0 Å². The molecule has 0 heterocycles. The smallest absolute Gasteiger partial charge is 0.326 e. The molecule has 0 aromatic heterocycles. The van der Waals surface area contributed by atoms with Crippen LogP contribution in [0.15, 0.2) is 4.99 Å². The molecule has 0 aliphatic rings. The maximum atomic E-state index is 13.1. The quantitative estimate of drug-likeness (QED) is 0.0377. The molecular weight excluding hydrogens is 500 g/mol. The molecule has 4 amide bonds. The molecule has 0 saturated heterocycles. The maximum Gasteiger partial charge on any atom is 0.326 e. The van der Waals surface area contributed by atoms with Crippen molar-refractivity contribution in [2.45, 2.75) is 82.0 Å². The lowest BCUT2D eigenvalue weighted by atomic mass is 10.0. The zero-order chi connectivity index (χ0) is 29.1. The Balaban J connectivity index is 5.48. The second-order valence-corrected chi connectivity index (χ2v) is 8.82. The van der Waals surface area contributed by atoms with Crippen molar-refractivity contribution in [3.63, 3.8) is 0 Å². The fraction of sp³-hybridized carbons (Fsp3) is 0.727. The van der Waals surface area contributed by atoms with Gasteiger partial charge in [0.05, 0.1) is 12.5 Å². The van der Waals surface area contributed by atoms with Crippen LogP contribution in [0, 0.1) is 0 Å². The van der Waals surface area contributed by atoms with Gasteiger partial charge in [0.2, 0.25) is 23.6 Å². The minimum absolute atomic E-state index is 0.0750. The molecule has 0 saturated carbocycles. The molecule has 0 aromatic rings. The van der Waals surface area contributed by atoms with Gasteiger partial charge in [0.25, 0.3) is 0 Å². The Morgan fingerprint density at radius 2 is 1.16 bits per heavy atom. The molecule has 0 spiro atoms. The summed E-state index contributed by atoms with van der Waals surface area (Å²) in [5.41, 5.74) is 32.6. The number of carboxylic acids is 1. The number of hydrogen-bond acceptors (Lipinski definition) is 9. The number of guanidine groups is 1. The summed E-state index contributed by atoms with van der Waals surface area (Å²) in [6.45, 7) is 1.02. The standard InChI is InChI=1S/C22H44N10O6/c23-9-3-1-7-14(30-18(34)13(25)6-5-11-29-22(27)28)19(35)31-15(8-2-4-10-24)20(36)32-16(21(37)38)12-17(26)33/h13-16H,1-12,23-25H2,(H2,26,33)(H,30,34)(H,31,35)(H,32,36)(H,37,38)(H4,27,28,29). The molecule has 0 rings (SSSR count). The summed E-state index contributed by atoms with van der Waals surface area (Å²) < 4.78 is 0. The van der Waals surface area contributed by atoms with Crippen molar-refractivity contribution in [1.29, 1.82) is 0 Å². The summed E-state index contributed by atoms with van der Waals surface area (Å²) in [4.78, 5) is 65.1. The van der Waals surface area contributed by atoms with Gasteiger partial charge in [-0.25, -0.2) is 4.79 Å². The number of rotatable bonds is 21. The van der Waals surface area contributed by atoms with E-state index in [1.54, 1.807) is 0 Å². The number of hydrogen-bond donors (Lipinski definition) is 10. The van der Waals surface area contributed by atoms with Crippen LogP contribution >= 0.6 is 0 Å². The van der Waals surface area contributed by atoms with Crippen molar-refractivity contribution >= 4 is 35.6 Å². The first kappa shape index (κ1) is 34.5. The van der Waals surface area contributed by atoms with Crippen LogP contribution in [0.25, 0.3) is 0 Å². The van der Waals surface area contributed by atoms with Gasteiger partial charge in [0, 0.05) is 6.54 Å². The number of carbonyl (C=O) groups excluding carboxylic acids is 4. The molecule has 38 heavy (non-hydrogen) atoms. The highest BCUT2D eigenvalue weighted by Crippen LogP contribution is 2.07. The third-order valence-electron chi connectivity index (χ3n) is 5.48.